The molecule has 0 N–H and O–H groups in total. The van der Waals surface area contributed by atoms with Gasteiger partial charge in [0.15, 0.2) is 11.5 Å². The summed E-state index contributed by atoms with van der Waals surface area (Å²) in [4.78, 5) is 0. The molecule has 0 radical (unpaired) electrons. The molecule has 0 bridgehead atoms. The maximum Gasteiger partial charge on any atom is 0.161 e. The zero-order chi connectivity index (χ0) is 7.68. The first-order valence-electron chi connectivity index (χ1n) is 3.72. The smallest absolute Gasteiger partial charge is 0.161 e. The minimum atomic E-state index is 0.453. The molecule has 1 heterocycles. The maximum absolute atomic E-state index is 7.30. The van der Waals surface area contributed by atoms with Gasteiger partial charge >= 0.3 is 0 Å². The summed E-state index contributed by atoms with van der Waals surface area (Å²) in [5.74, 6) is 1.43. The van der Waals surface area contributed by atoms with Crippen LogP contribution in [0.5, 0.6) is 11.5 Å². The minimum absolute atomic E-state index is 0.453. The van der Waals surface area contributed by atoms with Crippen LogP contribution in [0.4, 0.5) is 0 Å². The number of hydrogen-bond acceptors (Lipinski definition) is 2. The van der Waals surface area contributed by atoms with Crippen molar-refractivity contribution in [2.75, 3.05) is 13.2 Å². The Labute approximate surface area is 60.8 Å². The predicted octanol–water partition coefficient (Wildman–Crippen LogP) is 1.46. The Morgan fingerprint density at radius 2 is 1.90 bits per heavy atom. The summed E-state index contributed by atoms with van der Waals surface area (Å²) in [6.45, 7) is 1.18. The van der Waals surface area contributed by atoms with Gasteiger partial charge in [-0.2, -0.15) is 0 Å². The van der Waals surface area contributed by atoms with Crippen molar-refractivity contribution in [3.05, 3.63) is 24.2 Å². The van der Waals surface area contributed by atoms with Gasteiger partial charge in [0, 0.05) is 0 Å². The summed E-state index contributed by atoms with van der Waals surface area (Å²) in [6.07, 6.45) is 0. The van der Waals surface area contributed by atoms with Gasteiger partial charge in [0.2, 0.25) is 0 Å². The van der Waals surface area contributed by atoms with Crippen LogP contribution in [0.3, 0.4) is 0 Å². The van der Waals surface area contributed by atoms with E-state index in [1.807, 2.05) is 0 Å². The Kier molecular flexibility index (Phi) is 1.02. The first-order valence-corrected chi connectivity index (χ1v) is 3.22. The Bertz CT molecular complexity index is 273. The lowest BCUT2D eigenvalue weighted by Crippen LogP contribution is -2.14. The molecular formula is C8H8O2. The number of rotatable bonds is 0. The molecule has 0 saturated carbocycles. The largest absolute Gasteiger partial charge is 0.486 e. The topological polar surface area (TPSA) is 18.5 Å². The fraction of sp³-hybridized carbons (Fsp3) is 0.250. The number of fused-ring (bicyclic) bond motifs is 1. The summed E-state index contributed by atoms with van der Waals surface area (Å²) in [7, 11) is 0. The fourth-order valence-corrected chi connectivity index (χ4v) is 0.936. The van der Waals surface area contributed by atoms with E-state index in [0.717, 1.165) is 5.75 Å². The molecule has 0 aliphatic carbocycles. The first-order chi connectivity index (χ1) is 5.36. The Morgan fingerprint density at radius 3 is 2.70 bits per heavy atom. The van der Waals surface area contributed by atoms with Gasteiger partial charge in [-0.3, -0.25) is 0 Å². The molecule has 0 unspecified atom stereocenters. The lowest BCUT2D eigenvalue weighted by atomic mass is 10.3. The molecule has 1 aliphatic rings. The molecule has 0 aromatic heterocycles. The van der Waals surface area contributed by atoms with Crippen molar-refractivity contribution in [1.29, 1.82) is 0 Å². The molecule has 10 heavy (non-hydrogen) atoms. The first kappa shape index (κ1) is 4.61. The van der Waals surface area contributed by atoms with Crippen LogP contribution < -0.4 is 9.47 Å². The molecule has 0 fully saturated rings. The number of para-hydroxylation sites is 2. The third kappa shape index (κ3) is 0.817. The van der Waals surface area contributed by atoms with Gasteiger partial charge < -0.3 is 9.47 Å². The highest BCUT2D eigenvalue weighted by atomic mass is 16.6. The summed E-state index contributed by atoms with van der Waals surface area (Å²) < 4.78 is 17.8. The van der Waals surface area contributed by atoms with Crippen molar-refractivity contribution >= 4 is 0 Å². The lowest BCUT2D eigenvalue weighted by Gasteiger charge is -2.17. The van der Waals surface area contributed by atoms with Crippen molar-refractivity contribution in [2.45, 2.75) is 0 Å². The predicted molar refractivity (Wildman–Crippen MR) is 37.4 cm³/mol. The molecule has 1 aliphatic heterocycles. The molecule has 52 valence electrons. The van der Waals surface area contributed by atoms with E-state index in [2.05, 4.69) is 0 Å². The van der Waals surface area contributed by atoms with E-state index in [4.69, 9.17) is 10.8 Å². The molecule has 0 amide bonds. The third-order valence-corrected chi connectivity index (χ3v) is 1.39. The van der Waals surface area contributed by atoms with E-state index in [9.17, 15) is 0 Å². The molecule has 1 aromatic carbocycles. The van der Waals surface area contributed by atoms with Gasteiger partial charge in [0.25, 0.3) is 0 Å². The van der Waals surface area contributed by atoms with Crippen LogP contribution in [0.2, 0.25) is 0 Å². The van der Waals surface area contributed by atoms with E-state index >= 15 is 0 Å². The highest BCUT2D eigenvalue weighted by Crippen LogP contribution is 2.28. The quantitative estimate of drug-likeness (QED) is 0.539. The highest BCUT2D eigenvalue weighted by Gasteiger charge is 2.07. The highest BCUT2D eigenvalue weighted by molar-refractivity contribution is 5.40. The molecule has 2 nitrogen and oxygen atoms in total. The summed E-state index contributed by atoms with van der Waals surface area (Å²) in [6, 6.07) is 5.56. The molecule has 0 saturated heterocycles. The van der Waals surface area contributed by atoms with Gasteiger partial charge in [-0.25, -0.2) is 0 Å². The van der Waals surface area contributed by atoms with Gasteiger partial charge in [0.1, 0.15) is 13.2 Å². The Balaban J connectivity index is 2.43. The molecule has 1 aromatic rings. The Hall–Kier alpha value is -1.18. The van der Waals surface area contributed by atoms with Crippen molar-refractivity contribution in [1.82, 2.24) is 0 Å². The van der Waals surface area contributed by atoms with Crippen molar-refractivity contribution in [3.63, 3.8) is 0 Å². The van der Waals surface area contributed by atoms with Crippen LogP contribution in [0.1, 0.15) is 1.37 Å². The van der Waals surface area contributed by atoms with E-state index in [1.54, 1.807) is 18.2 Å². The summed E-state index contributed by atoms with van der Waals surface area (Å²) >= 11 is 0. The number of benzene rings is 1. The second kappa shape index (κ2) is 2.21. The molecule has 0 atom stereocenters. The van der Waals surface area contributed by atoms with E-state index in [1.165, 1.54) is 0 Å². The maximum atomic E-state index is 7.30. The van der Waals surface area contributed by atoms with Crippen molar-refractivity contribution < 1.29 is 10.8 Å². The standard InChI is InChI=1S/C8H8O2/c1-2-4-8-7(3-1)9-5-6-10-8/h1-4H,5-6H2/i1D. The zero-order valence-electron chi connectivity index (χ0n) is 6.46. The van der Waals surface area contributed by atoms with E-state index < -0.39 is 0 Å². The van der Waals surface area contributed by atoms with Crippen LogP contribution in [0.25, 0.3) is 0 Å². The average Bonchev–Trinajstić information content (AvgIpc) is 2.04. The summed E-state index contributed by atoms with van der Waals surface area (Å²) in [5.41, 5.74) is 0. The molecule has 0 spiro atoms. The molecule has 2 rings (SSSR count). The van der Waals surface area contributed by atoms with Crippen LogP contribution in [-0.2, 0) is 0 Å². The van der Waals surface area contributed by atoms with Crippen LogP contribution in [-0.4, -0.2) is 13.2 Å². The van der Waals surface area contributed by atoms with Crippen LogP contribution in [0.15, 0.2) is 24.2 Å². The fourth-order valence-electron chi connectivity index (χ4n) is 0.936. The van der Waals surface area contributed by atoms with Crippen molar-refractivity contribution in [2.24, 2.45) is 0 Å². The minimum Gasteiger partial charge on any atom is -0.486 e. The second-order valence-electron chi connectivity index (χ2n) is 2.07. The normalized spacial score (nSPS) is 16.2. The third-order valence-electron chi connectivity index (χ3n) is 1.39. The van der Waals surface area contributed by atoms with E-state index in [0.29, 0.717) is 25.0 Å². The SMILES string of the molecule is [2H]c1ccc2c(c1)OCCO2. The van der Waals surface area contributed by atoms with Gasteiger partial charge in [-0.15, -0.1) is 0 Å². The number of hydrogen-bond donors (Lipinski definition) is 0. The molecule has 2 heteroatoms. The van der Waals surface area contributed by atoms with Crippen LogP contribution in [0, 0.1) is 0 Å². The van der Waals surface area contributed by atoms with Gasteiger partial charge in [-0.1, -0.05) is 12.1 Å². The van der Waals surface area contributed by atoms with Crippen molar-refractivity contribution in [3.8, 4) is 11.5 Å². The average molecular weight is 137 g/mol. The molecular weight excluding hydrogens is 128 g/mol. The lowest BCUT2D eigenvalue weighted by molar-refractivity contribution is 0.171. The monoisotopic (exact) mass is 137 g/mol. The summed E-state index contributed by atoms with van der Waals surface area (Å²) in [5, 5.41) is 0. The zero-order valence-corrected chi connectivity index (χ0v) is 5.46. The van der Waals surface area contributed by atoms with E-state index in [-0.39, 0.29) is 0 Å². The number of ether oxygens (including phenoxy) is 2. The van der Waals surface area contributed by atoms with Gasteiger partial charge in [-0.05, 0) is 12.1 Å². The van der Waals surface area contributed by atoms with Gasteiger partial charge in [0.05, 0.1) is 1.37 Å². The Morgan fingerprint density at radius 1 is 1.20 bits per heavy atom. The van der Waals surface area contributed by atoms with Crippen LogP contribution >= 0.6 is 0 Å². The second-order valence-corrected chi connectivity index (χ2v) is 2.07.